The summed E-state index contributed by atoms with van der Waals surface area (Å²) in [6.45, 7) is 0. The van der Waals surface area contributed by atoms with Crippen LogP contribution in [0.5, 0.6) is 5.75 Å². The van der Waals surface area contributed by atoms with Crippen LogP contribution in [-0.4, -0.2) is 17.3 Å². The van der Waals surface area contributed by atoms with Crippen molar-refractivity contribution >= 4 is 10.9 Å². The fraction of sp³-hybridized carbons (Fsp3) is 0.111. The Morgan fingerprint density at radius 1 is 1.46 bits per heavy atom. The highest BCUT2D eigenvalue weighted by molar-refractivity contribution is 5.78. The zero-order valence-electron chi connectivity index (χ0n) is 7.07. The smallest absolute Gasteiger partial charge is 0.208 e. The number of rotatable bonds is 1. The second-order valence-corrected chi connectivity index (χ2v) is 2.65. The fourth-order valence-electron chi connectivity index (χ4n) is 1.18. The quantitative estimate of drug-likeness (QED) is 0.703. The second kappa shape index (κ2) is 2.90. The Morgan fingerprint density at radius 3 is 3.08 bits per heavy atom. The van der Waals surface area contributed by atoms with Gasteiger partial charge in [-0.05, 0) is 18.2 Å². The molecule has 0 saturated carbocycles. The number of benzene rings is 1. The Kier molecular flexibility index (Phi) is 1.73. The summed E-state index contributed by atoms with van der Waals surface area (Å²) in [5, 5.41) is 7.02. The van der Waals surface area contributed by atoms with E-state index in [4.69, 9.17) is 4.74 Å². The third kappa shape index (κ3) is 1.26. The van der Waals surface area contributed by atoms with Crippen LogP contribution in [0.15, 0.2) is 29.2 Å². The summed E-state index contributed by atoms with van der Waals surface area (Å²) in [4.78, 5) is 11.3. The van der Waals surface area contributed by atoms with Gasteiger partial charge in [-0.15, -0.1) is 0 Å². The van der Waals surface area contributed by atoms with Crippen LogP contribution in [0, 0.1) is 0 Å². The molecular weight excluding hydrogens is 168 g/mol. The first-order valence-electron chi connectivity index (χ1n) is 3.83. The molecule has 0 unspecified atom stereocenters. The van der Waals surface area contributed by atoms with Gasteiger partial charge in [0.1, 0.15) is 5.75 Å². The highest BCUT2D eigenvalue weighted by Gasteiger charge is 1.99. The first kappa shape index (κ1) is 7.79. The van der Waals surface area contributed by atoms with Gasteiger partial charge in [0, 0.05) is 0 Å². The van der Waals surface area contributed by atoms with E-state index >= 15 is 0 Å². The molecular formula is C9H8N2O2. The third-order valence-corrected chi connectivity index (χ3v) is 1.86. The molecule has 0 aliphatic heterocycles. The van der Waals surface area contributed by atoms with Gasteiger partial charge in [-0.25, -0.2) is 0 Å². The van der Waals surface area contributed by atoms with Crippen LogP contribution < -0.4 is 10.2 Å². The van der Waals surface area contributed by atoms with E-state index in [0.29, 0.717) is 16.7 Å². The van der Waals surface area contributed by atoms with Crippen molar-refractivity contribution in [3.8, 4) is 5.75 Å². The summed E-state index contributed by atoms with van der Waals surface area (Å²) < 4.78 is 5.00. The van der Waals surface area contributed by atoms with E-state index in [1.54, 1.807) is 25.3 Å². The Hall–Kier alpha value is -1.84. The van der Waals surface area contributed by atoms with Crippen LogP contribution in [-0.2, 0) is 0 Å². The van der Waals surface area contributed by atoms with Crippen molar-refractivity contribution in [2.45, 2.75) is 0 Å². The van der Waals surface area contributed by atoms with Crippen LogP contribution in [0.25, 0.3) is 10.9 Å². The Balaban J connectivity index is 2.82. The van der Waals surface area contributed by atoms with Gasteiger partial charge < -0.3 is 4.74 Å². The maximum Gasteiger partial charge on any atom is 0.208 e. The molecule has 0 fully saturated rings. The Bertz CT molecular complexity index is 490. The number of ether oxygens (including phenoxy) is 1. The summed E-state index contributed by atoms with van der Waals surface area (Å²) >= 11 is 0. The van der Waals surface area contributed by atoms with Crippen molar-refractivity contribution in [1.29, 1.82) is 0 Å². The number of aromatic nitrogens is 2. The van der Waals surface area contributed by atoms with Crippen molar-refractivity contribution in [2.75, 3.05) is 7.11 Å². The number of hydrogen-bond donors (Lipinski definition) is 1. The van der Waals surface area contributed by atoms with Crippen molar-refractivity contribution in [3.05, 3.63) is 34.6 Å². The molecule has 1 aromatic carbocycles. The van der Waals surface area contributed by atoms with Gasteiger partial charge in [-0.2, -0.15) is 5.10 Å². The Morgan fingerprint density at radius 2 is 2.31 bits per heavy atom. The second-order valence-electron chi connectivity index (χ2n) is 2.65. The number of nitrogens with zero attached hydrogens (tertiary/aromatic N) is 1. The SMILES string of the molecule is COc1ccc2[nH]ncc(=O)c2c1. The number of nitrogens with one attached hydrogen (secondary N) is 1. The van der Waals surface area contributed by atoms with Crippen LogP contribution in [0.4, 0.5) is 0 Å². The van der Waals surface area contributed by atoms with Crippen LogP contribution in [0.1, 0.15) is 0 Å². The molecule has 0 amide bonds. The minimum absolute atomic E-state index is 0.104. The minimum Gasteiger partial charge on any atom is -0.497 e. The molecule has 1 aromatic heterocycles. The van der Waals surface area contributed by atoms with Crippen molar-refractivity contribution in [1.82, 2.24) is 10.2 Å². The van der Waals surface area contributed by atoms with Gasteiger partial charge in [0.2, 0.25) is 5.43 Å². The molecule has 4 nitrogen and oxygen atoms in total. The summed E-state index contributed by atoms with van der Waals surface area (Å²) in [7, 11) is 1.57. The van der Waals surface area contributed by atoms with Crippen molar-refractivity contribution in [2.24, 2.45) is 0 Å². The number of fused-ring (bicyclic) bond motifs is 1. The molecule has 2 aromatic rings. The van der Waals surface area contributed by atoms with E-state index in [1.165, 1.54) is 6.20 Å². The van der Waals surface area contributed by atoms with Gasteiger partial charge in [0.15, 0.2) is 0 Å². The number of hydrogen-bond acceptors (Lipinski definition) is 3. The molecule has 4 heteroatoms. The van der Waals surface area contributed by atoms with Crippen LogP contribution >= 0.6 is 0 Å². The summed E-state index contributed by atoms with van der Waals surface area (Å²) in [6, 6.07) is 5.23. The van der Waals surface area contributed by atoms with Gasteiger partial charge in [0.25, 0.3) is 0 Å². The highest BCUT2D eigenvalue weighted by atomic mass is 16.5. The lowest BCUT2D eigenvalue weighted by atomic mass is 10.2. The maximum absolute atomic E-state index is 11.3. The zero-order chi connectivity index (χ0) is 9.26. The summed E-state index contributed by atoms with van der Waals surface area (Å²) in [5.74, 6) is 0.671. The van der Waals surface area contributed by atoms with E-state index < -0.39 is 0 Å². The topological polar surface area (TPSA) is 55.0 Å². The molecule has 2 rings (SSSR count). The fourth-order valence-corrected chi connectivity index (χ4v) is 1.18. The lowest BCUT2D eigenvalue weighted by Crippen LogP contribution is -2.02. The van der Waals surface area contributed by atoms with Gasteiger partial charge in [-0.1, -0.05) is 0 Å². The lowest BCUT2D eigenvalue weighted by Gasteiger charge is -2.00. The normalized spacial score (nSPS) is 10.2. The zero-order valence-corrected chi connectivity index (χ0v) is 7.07. The van der Waals surface area contributed by atoms with Gasteiger partial charge in [0.05, 0.1) is 24.2 Å². The molecule has 1 heterocycles. The molecule has 66 valence electrons. The van der Waals surface area contributed by atoms with Gasteiger partial charge >= 0.3 is 0 Å². The predicted molar refractivity (Wildman–Crippen MR) is 48.9 cm³/mol. The molecule has 0 saturated heterocycles. The molecule has 0 spiro atoms. The van der Waals surface area contributed by atoms with E-state index in [1.807, 2.05) is 0 Å². The predicted octanol–water partition coefficient (Wildman–Crippen LogP) is 0.932. The van der Waals surface area contributed by atoms with E-state index in [0.717, 1.165) is 0 Å². The van der Waals surface area contributed by atoms with Crippen molar-refractivity contribution in [3.63, 3.8) is 0 Å². The lowest BCUT2D eigenvalue weighted by molar-refractivity contribution is 0.415. The van der Waals surface area contributed by atoms with E-state index in [-0.39, 0.29) is 5.43 Å². The summed E-state index contributed by atoms with van der Waals surface area (Å²) in [5.41, 5.74) is 0.612. The third-order valence-electron chi connectivity index (χ3n) is 1.86. The van der Waals surface area contributed by atoms with Gasteiger partial charge in [-0.3, -0.25) is 9.89 Å². The van der Waals surface area contributed by atoms with Crippen molar-refractivity contribution < 1.29 is 4.74 Å². The number of aromatic amines is 1. The maximum atomic E-state index is 11.3. The minimum atomic E-state index is -0.104. The standard InChI is InChI=1S/C9H8N2O2/c1-13-6-2-3-8-7(4-6)9(12)5-10-11-8/h2-5H,1H3,(H,11,12). The first-order chi connectivity index (χ1) is 6.31. The van der Waals surface area contributed by atoms with Crippen LogP contribution in [0.2, 0.25) is 0 Å². The average Bonchev–Trinajstić information content (AvgIpc) is 2.18. The summed E-state index contributed by atoms with van der Waals surface area (Å²) in [6.07, 6.45) is 1.25. The largest absolute Gasteiger partial charge is 0.497 e. The molecule has 13 heavy (non-hydrogen) atoms. The van der Waals surface area contributed by atoms with Crippen LogP contribution in [0.3, 0.4) is 0 Å². The highest BCUT2D eigenvalue weighted by Crippen LogP contribution is 2.14. The molecule has 0 aliphatic rings. The number of methoxy groups -OCH3 is 1. The molecule has 0 radical (unpaired) electrons. The molecule has 0 aliphatic carbocycles. The molecule has 0 atom stereocenters. The van der Waals surface area contributed by atoms with E-state index in [9.17, 15) is 4.79 Å². The monoisotopic (exact) mass is 176 g/mol. The number of H-pyrrole nitrogens is 1. The van der Waals surface area contributed by atoms with E-state index in [2.05, 4.69) is 10.2 Å². The first-order valence-corrected chi connectivity index (χ1v) is 3.83. The average molecular weight is 176 g/mol. The molecule has 1 N–H and O–H groups in total. The molecule has 0 bridgehead atoms. The Labute approximate surface area is 74.2 Å².